The van der Waals surface area contributed by atoms with Crippen molar-refractivity contribution in [2.24, 2.45) is 0 Å². The van der Waals surface area contributed by atoms with E-state index in [1.54, 1.807) is 13.3 Å². The smallest absolute Gasteiger partial charge is 0.249 e. The summed E-state index contributed by atoms with van der Waals surface area (Å²) in [6.45, 7) is 0.921. The van der Waals surface area contributed by atoms with Crippen LogP contribution in [0.25, 0.3) is 0 Å². The number of anilines is 2. The minimum Gasteiger partial charge on any atom is -0.497 e. The van der Waals surface area contributed by atoms with Crippen LogP contribution in [0.3, 0.4) is 0 Å². The lowest BCUT2D eigenvalue weighted by Crippen LogP contribution is -2.45. The number of carbonyl (C=O) groups excluding carboxylic acids is 3. The zero-order valence-electron chi connectivity index (χ0n) is 23.4. The Bertz CT molecular complexity index is 1510. The molecule has 1 unspecified atom stereocenters. The van der Waals surface area contributed by atoms with Crippen LogP contribution >= 0.6 is 0 Å². The van der Waals surface area contributed by atoms with Crippen LogP contribution in [0.5, 0.6) is 5.75 Å². The van der Waals surface area contributed by atoms with Crippen LogP contribution in [0, 0.1) is 0 Å². The first-order chi connectivity index (χ1) is 20.5. The molecule has 1 aliphatic carbocycles. The van der Waals surface area contributed by atoms with Crippen molar-refractivity contribution >= 4 is 29.2 Å². The highest BCUT2D eigenvalue weighted by Crippen LogP contribution is 2.47. The maximum absolute atomic E-state index is 13.4. The molecule has 218 valence electrons. The van der Waals surface area contributed by atoms with Crippen LogP contribution in [0.1, 0.15) is 28.3 Å². The van der Waals surface area contributed by atoms with Gasteiger partial charge in [0.25, 0.3) is 0 Å². The number of pyridine rings is 1. The Morgan fingerprint density at radius 1 is 1.10 bits per heavy atom. The molecule has 1 spiro atoms. The molecule has 2 aliphatic heterocycles. The molecule has 3 N–H and O–H groups in total. The van der Waals surface area contributed by atoms with Crippen LogP contribution in [-0.2, 0) is 42.1 Å². The van der Waals surface area contributed by atoms with Crippen molar-refractivity contribution in [3.63, 3.8) is 0 Å². The first kappa shape index (κ1) is 27.8. The van der Waals surface area contributed by atoms with E-state index in [0.29, 0.717) is 43.2 Å². The minimum atomic E-state index is -0.692. The molecule has 0 saturated carbocycles. The van der Waals surface area contributed by atoms with E-state index in [4.69, 9.17) is 14.2 Å². The summed E-state index contributed by atoms with van der Waals surface area (Å²) in [5.41, 5.74) is 3.69. The molecular formula is C31H33N5O6. The van der Waals surface area contributed by atoms with Crippen molar-refractivity contribution in [1.29, 1.82) is 0 Å². The molecule has 42 heavy (non-hydrogen) atoms. The van der Waals surface area contributed by atoms with Gasteiger partial charge < -0.3 is 29.7 Å². The number of hydrogen-bond donors (Lipinski definition) is 3. The Labute approximate surface area is 243 Å². The standard InChI is InChI=1S/C31H33N5O6/c1-40-24-5-2-4-20(13-24)26-16-32-19-42-11-10-41-18-28(38)36(26)17-27(37)34-23-8-7-21-14-31(15-22(21)12-23)25-6-3-9-33-29(25)35-30(31)39/h2-9,12-13,26,32H,10-11,14-19H2,1H3,(H,34,37)(H,33,35,39)/t26?,31-/m1/s1. The van der Waals surface area contributed by atoms with Gasteiger partial charge in [0.2, 0.25) is 17.7 Å². The molecule has 1 saturated heterocycles. The highest BCUT2D eigenvalue weighted by atomic mass is 16.5. The highest BCUT2D eigenvalue weighted by molar-refractivity contribution is 6.06. The summed E-state index contributed by atoms with van der Waals surface area (Å²) in [5, 5.41) is 9.11. The molecule has 3 amide bonds. The summed E-state index contributed by atoms with van der Waals surface area (Å²) in [6, 6.07) is 16.5. The molecule has 11 heteroatoms. The third kappa shape index (κ3) is 5.46. The molecule has 0 bridgehead atoms. The largest absolute Gasteiger partial charge is 0.497 e. The molecule has 3 heterocycles. The molecule has 0 radical (unpaired) electrons. The Kier molecular flexibility index (Phi) is 7.88. The summed E-state index contributed by atoms with van der Waals surface area (Å²) in [5.74, 6) is 0.553. The van der Waals surface area contributed by atoms with E-state index >= 15 is 0 Å². The monoisotopic (exact) mass is 571 g/mol. The molecule has 1 aromatic heterocycles. The SMILES string of the molecule is COc1cccc(C2CNCOCCOCC(=O)N2CC(=O)Nc2ccc3c(c2)C[C@@]2(C3)C(=O)Nc3ncccc32)c1. The number of carbonyl (C=O) groups is 3. The number of rotatable bonds is 5. The van der Waals surface area contributed by atoms with Crippen molar-refractivity contribution in [2.45, 2.75) is 24.3 Å². The van der Waals surface area contributed by atoms with E-state index in [1.165, 1.54) is 4.90 Å². The van der Waals surface area contributed by atoms with E-state index in [1.807, 2.05) is 54.6 Å². The van der Waals surface area contributed by atoms with E-state index in [-0.39, 0.29) is 44.2 Å². The van der Waals surface area contributed by atoms with Crippen molar-refractivity contribution in [3.05, 3.63) is 83.0 Å². The summed E-state index contributed by atoms with van der Waals surface area (Å²) in [6.07, 6.45) is 2.76. The Hall–Kier alpha value is -4.32. The molecule has 6 rings (SSSR count). The van der Waals surface area contributed by atoms with Gasteiger partial charge in [-0.3, -0.25) is 19.7 Å². The van der Waals surface area contributed by atoms with Gasteiger partial charge in [0.05, 0.1) is 38.5 Å². The minimum absolute atomic E-state index is 0.0547. The molecule has 1 fully saturated rings. The van der Waals surface area contributed by atoms with Crippen molar-refractivity contribution in [1.82, 2.24) is 15.2 Å². The van der Waals surface area contributed by atoms with Crippen molar-refractivity contribution in [3.8, 4) is 5.75 Å². The van der Waals surface area contributed by atoms with Gasteiger partial charge in [-0.15, -0.1) is 0 Å². The van der Waals surface area contributed by atoms with Crippen molar-refractivity contribution < 1.29 is 28.6 Å². The summed E-state index contributed by atoms with van der Waals surface area (Å²) >= 11 is 0. The van der Waals surface area contributed by atoms with E-state index in [9.17, 15) is 14.4 Å². The lowest BCUT2D eigenvalue weighted by Gasteiger charge is -2.32. The average molecular weight is 572 g/mol. The Balaban J connectivity index is 1.21. The van der Waals surface area contributed by atoms with Gasteiger partial charge in [-0.05, 0) is 59.9 Å². The fourth-order valence-electron chi connectivity index (χ4n) is 6.03. The average Bonchev–Trinajstić information content (AvgIpc) is 3.50. The lowest BCUT2D eigenvalue weighted by atomic mass is 9.79. The third-order valence-electron chi connectivity index (χ3n) is 8.09. The number of hydrogen-bond acceptors (Lipinski definition) is 8. The summed E-state index contributed by atoms with van der Waals surface area (Å²) < 4.78 is 16.5. The Morgan fingerprint density at radius 3 is 2.83 bits per heavy atom. The first-order valence-corrected chi connectivity index (χ1v) is 13.9. The maximum atomic E-state index is 13.4. The fourth-order valence-corrected chi connectivity index (χ4v) is 6.03. The van der Waals surface area contributed by atoms with E-state index in [0.717, 1.165) is 22.3 Å². The number of methoxy groups -OCH3 is 1. The Morgan fingerprint density at radius 2 is 1.95 bits per heavy atom. The van der Waals surface area contributed by atoms with Gasteiger partial charge >= 0.3 is 0 Å². The van der Waals surface area contributed by atoms with Gasteiger partial charge in [-0.25, -0.2) is 4.98 Å². The number of ether oxygens (including phenoxy) is 3. The normalized spacial score (nSPS) is 22.2. The van der Waals surface area contributed by atoms with Crippen LogP contribution in [0.2, 0.25) is 0 Å². The number of nitrogens with zero attached hydrogens (tertiary/aromatic N) is 2. The number of aromatic nitrogens is 1. The van der Waals surface area contributed by atoms with Crippen LogP contribution < -0.4 is 20.7 Å². The molecule has 3 aromatic rings. The van der Waals surface area contributed by atoms with Gasteiger partial charge in [0.1, 0.15) is 24.7 Å². The van der Waals surface area contributed by atoms with Gasteiger partial charge in [-0.1, -0.05) is 24.3 Å². The fraction of sp³-hybridized carbons (Fsp3) is 0.355. The maximum Gasteiger partial charge on any atom is 0.249 e. The molecule has 2 atom stereocenters. The van der Waals surface area contributed by atoms with Gasteiger partial charge in [0, 0.05) is 24.0 Å². The van der Waals surface area contributed by atoms with Crippen molar-refractivity contribution in [2.75, 3.05) is 57.4 Å². The molecule has 3 aliphatic rings. The second-order valence-corrected chi connectivity index (χ2v) is 10.7. The predicted molar refractivity (Wildman–Crippen MR) is 154 cm³/mol. The van der Waals surface area contributed by atoms with Crippen LogP contribution in [0.4, 0.5) is 11.5 Å². The van der Waals surface area contributed by atoms with E-state index < -0.39 is 11.5 Å². The number of fused-ring (bicyclic) bond motifs is 3. The second-order valence-electron chi connectivity index (χ2n) is 10.7. The molecular weight excluding hydrogens is 538 g/mol. The number of nitrogens with one attached hydrogen (secondary N) is 3. The number of amides is 3. The zero-order valence-corrected chi connectivity index (χ0v) is 23.4. The highest BCUT2D eigenvalue weighted by Gasteiger charge is 2.51. The number of benzene rings is 2. The quantitative estimate of drug-likeness (QED) is 0.425. The lowest BCUT2D eigenvalue weighted by molar-refractivity contribution is -0.141. The predicted octanol–water partition coefficient (Wildman–Crippen LogP) is 2.18. The van der Waals surface area contributed by atoms with Crippen LogP contribution in [0.15, 0.2) is 60.8 Å². The first-order valence-electron chi connectivity index (χ1n) is 13.9. The van der Waals surface area contributed by atoms with Gasteiger partial charge in [0.15, 0.2) is 0 Å². The summed E-state index contributed by atoms with van der Waals surface area (Å²) in [7, 11) is 1.58. The third-order valence-corrected chi connectivity index (χ3v) is 8.09. The van der Waals surface area contributed by atoms with Crippen LogP contribution in [-0.4, -0.2) is 74.4 Å². The second kappa shape index (κ2) is 11.9. The summed E-state index contributed by atoms with van der Waals surface area (Å²) in [4.78, 5) is 45.7. The van der Waals surface area contributed by atoms with Gasteiger partial charge in [-0.2, -0.15) is 0 Å². The molecule has 11 nitrogen and oxygen atoms in total. The molecule has 2 aromatic carbocycles. The topological polar surface area (TPSA) is 131 Å². The zero-order chi connectivity index (χ0) is 29.1. The van der Waals surface area contributed by atoms with E-state index in [2.05, 4.69) is 20.9 Å².